The second kappa shape index (κ2) is 6.78. The Balaban J connectivity index is 1.38. The normalized spacial score (nSPS) is 20.4. The molecule has 7 nitrogen and oxygen atoms in total. The summed E-state index contributed by atoms with van der Waals surface area (Å²) in [5, 5.41) is 4.15. The van der Waals surface area contributed by atoms with Crippen molar-refractivity contribution in [3.63, 3.8) is 0 Å². The van der Waals surface area contributed by atoms with E-state index in [-0.39, 0.29) is 0 Å². The lowest BCUT2D eigenvalue weighted by atomic mass is 10.0. The Morgan fingerprint density at radius 3 is 2.42 bits per heavy atom. The average molecular weight is 329 g/mol. The number of benzene rings is 1. The number of morpholine rings is 1. The van der Waals surface area contributed by atoms with Crippen LogP contribution in [0.1, 0.15) is 12.8 Å². The van der Waals surface area contributed by atoms with E-state index in [2.05, 4.69) is 19.9 Å². The summed E-state index contributed by atoms with van der Waals surface area (Å²) in [5.74, 6) is 1.22. The number of rotatable bonds is 3. The monoisotopic (exact) mass is 329 g/mol. The van der Waals surface area contributed by atoms with Gasteiger partial charge in [0.2, 0.25) is 0 Å². The summed E-state index contributed by atoms with van der Waals surface area (Å²) in [6.45, 7) is 5.74. The van der Waals surface area contributed by atoms with Crippen LogP contribution in [0, 0.1) is 0 Å². The molecule has 24 heavy (non-hydrogen) atoms. The van der Waals surface area contributed by atoms with E-state index in [9.17, 15) is 0 Å². The van der Waals surface area contributed by atoms with Crippen molar-refractivity contribution in [3.05, 3.63) is 24.3 Å². The van der Waals surface area contributed by atoms with Crippen molar-refractivity contribution in [3.8, 4) is 11.5 Å². The highest BCUT2D eigenvalue weighted by molar-refractivity contribution is 5.58. The van der Waals surface area contributed by atoms with Crippen molar-refractivity contribution in [1.82, 2.24) is 15.0 Å². The third kappa shape index (κ3) is 3.22. The smallest absolute Gasteiger partial charge is 0.266 e. The van der Waals surface area contributed by atoms with Crippen LogP contribution in [0.25, 0.3) is 11.5 Å². The molecule has 0 bridgehead atoms. The molecule has 0 amide bonds. The van der Waals surface area contributed by atoms with E-state index in [1.165, 1.54) is 0 Å². The number of piperidine rings is 1. The zero-order valence-electron chi connectivity index (χ0n) is 13.7. The van der Waals surface area contributed by atoms with E-state index in [1.807, 2.05) is 24.3 Å². The molecular formula is C17H23N5O2. The van der Waals surface area contributed by atoms with Crippen molar-refractivity contribution < 1.29 is 9.26 Å². The van der Waals surface area contributed by atoms with Gasteiger partial charge in [-0.05, 0) is 42.3 Å². The van der Waals surface area contributed by atoms with Crippen LogP contribution in [0.3, 0.4) is 0 Å². The topological polar surface area (TPSA) is 80.7 Å². The summed E-state index contributed by atoms with van der Waals surface area (Å²) in [5.41, 5.74) is 7.33. The van der Waals surface area contributed by atoms with Gasteiger partial charge in [0.25, 0.3) is 11.8 Å². The van der Waals surface area contributed by atoms with E-state index in [0.29, 0.717) is 17.9 Å². The van der Waals surface area contributed by atoms with Gasteiger partial charge in [-0.15, -0.1) is 0 Å². The fourth-order valence-corrected chi connectivity index (χ4v) is 3.46. The van der Waals surface area contributed by atoms with Crippen LogP contribution in [-0.4, -0.2) is 60.5 Å². The Morgan fingerprint density at radius 1 is 1.00 bits per heavy atom. The van der Waals surface area contributed by atoms with Crippen LogP contribution in [0.2, 0.25) is 0 Å². The summed E-state index contributed by atoms with van der Waals surface area (Å²) in [6, 6.07) is 8.13. The summed E-state index contributed by atoms with van der Waals surface area (Å²) >= 11 is 0. The first-order valence-electron chi connectivity index (χ1n) is 8.56. The molecule has 1 aromatic carbocycles. The molecule has 7 heteroatoms. The van der Waals surface area contributed by atoms with Gasteiger partial charge < -0.3 is 19.9 Å². The zero-order chi connectivity index (χ0) is 16.4. The van der Waals surface area contributed by atoms with Crippen LogP contribution < -0.4 is 10.6 Å². The van der Waals surface area contributed by atoms with Crippen LogP contribution >= 0.6 is 0 Å². The standard InChI is InChI=1S/C17H23N5O2/c18-14-3-1-13(2-4-14)16-19-17(20-24-16)22-7-5-15(6-8-22)21-9-11-23-12-10-21/h1-4,15H,5-12,18H2. The first-order chi connectivity index (χ1) is 11.8. The lowest BCUT2D eigenvalue weighted by Gasteiger charge is -2.39. The van der Waals surface area contributed by atoms with Crippen LogP contribution in [-0.2, 0) is 4.74 Å². The lowest BCUT2D eigenvalue weighted by Crippen LogP contribution is -2.49. The molecule has 0 spiro atoms. The summed E-state index contributed by atoms with van der Waals surface area (Å²) in [4.78, 5) is 9.31. The SMILES string of the molecule is Nc1ccc(-c2nc(N3CCC(N4CCOCC4)CC3)no2)cc1. The minimum atomic E-state index is 0.542. The minimum Gasteiger partial charge on any atom is -0.399 e. The molecule has 4 rings (SSSR count). The van der Waals surface area contributed by atoms with Gasteiger partial charge in [-0.3, -0.25) is 4.90 Å². The first-order valence-corrected chi connectivity index (χ1v) is 8.56. The van der Waals surface area contributed by atoms with Gasteiger partial charge >= 0.3 is 0 Å². The largest absolute Gasteiger partial charge is 0.399 e. The van der Waals surface area contributed by atoms with Crippen molar-refractivity contribution in [2.24, 2.45) is 0 Å². The van der Waals surface area contributed by atoms with Gasteiger partial charge in [-0.25, -0.2) is 0 Å². The maximum absolute atomic E-state index is 5.71. The molecule has 2 N–H and O–H groups in total. The van der Waals surface area contributed by atoms with Gasteiger partial charge in [0, 0.05) is 43.5 Å². The van der Waals surface area contributed by atoms with E-state index in [0.717, 1.165) is 63.5 Å². The summed E-state index contributed by atoms with van der Waals surface area (Å²) in [6.07, 6.45) is 2.26. The Bertz CT molecular complexity index is 658. The first kappa shape index (κ1) is 15.4. The Hall–Kier alpha value is -2.12. The molecule has 0 radical (unpaired) electrons. The second-order valence-electron chi connectivity index (χ2n) is 6.39. The van der Waals surface area contributed by atoms with E-state index < -0.39 is 0 Å². The molecule has 2 saturated heterocycles. The highest BCUT2D eigenvalue weighted by atomic mass is 16.5. The Morgan fingerprint density at radius 2 is 1.71 bits per heavy atom. The number of ether oxygens (including phenoxy) is 1. The molecule has 2 aliphatic heterocycles. The quantitative estimate of drug-likeness (QED) is 0.857. The van der Waals surface area contributed by atoms with E-state index in [1.54, 1.807) is 0 Å². The predicted molar refractivity (Wildman–Crippen MR) is 91.8 cm³/mol. The minimum absolute atomic E-state index is 0.542. The Kier molecular flexibility index (Phi) is 4.36. The van der Waals surface area contributed by atoms with Gasteiger partial charge in [0.05, 0.1) is 13.2 Å². The number of aromatic nitrogens is 2. The molecular weight excluding hydrogens is 306 g/mol. The van der Waals surface area contributed by atoms with Crippen molar-refractivity contribution in [2.75, 3.05) is 50.0 Å². The van der Waals surface area contributed by atoms with Crippen molar-refractivity contribution >= 4 is 11.6 Å². The predicted octanol–water partition coefficient (Wildman–Crippen LogP) is 1.62. The van der Waals surface area contributed by atoms with E-state index in [4.69, 9.17) is 15.0 Å². The molecule has 0 unspecified atom stereocenters. The van der Waals surface area contributed by atoms with Crippen LogP contribution in [0.4, 0.5) is 11.6 Å². The number of hydrogen-bond acceptors (Lipinski definition) is 7. The van der Waals surface area contributed by atoms with Gasteiger partial charge in [-0.2, -0.15) is 4.98 Å². The number of nitrogens with two attached hydrogens (primary N) is 1. The van der Waals surface area contributed by atoms with Crippen molar-refractivity contribution in [2.45, 2.75) is 18.9 Å². The highest BCUT2D eigenvalue weighted by Gasteiger charge is 2.27. The fraction of sp³-hybridized carbons (Fsp3) is 0.529. The Labute approximate surface area is 141 Å². The fourth-order valence-electron chi connectivity index (χ4n) is 3.46. The molecule has 0 aliphatic carbocycles. The molecule has 128 valence electrons. The number of hydrogen-bond donors (Lipinski definition) is 1. The van der Waals surface area contributed by atoms with Crippen molar-refractivity contribution in [1.29, 1.82) is 0 Å². The number of nitrogens with zero attached hydrogens (tertiary/aromatic N) is 4. The maximum Gasteiger partial charge on any atom is 0.266 e. The molecule has 0 atom stereocenters. The summed E-state index contributed by atoms with van der Waals surface area (Å²) < 4.78 is 10.9. The third-order valence-electron chi connectivity index (χ3n) is 4.88. The number of anilines is 2. The highest BCUT2D eigenvalue weighted by Crippen LogP contribution is 2.24. The third-order valence-corrected chi connectivity index (χ3v) is 4.88. The van der Waals surface area contributed by atoms with Crippen LogP contribution in [0.5, 0.6) is 0 Å². The molecule has 1 aromatic heterocycles. The molecule has 2 aliphatic rings. The van der Waals surface area contributed by atoms with Gasteiger partial charge in [0.15, 0.2) is 0 Å². The lowest BCUT2D eigenvalue weighted by molar-refractivity contribution is 0.0114. The average Bonchev–Trinajstić information content (AvgIpc) is 3.13. The zero-order valence-corrected chi connectivity index (χ0v) is 13.7. The number of nitrogen functional groups attached to an aromatic ring is 1. The maximum atomic E-state index is 5.71. The molecule has 3 heterocycles. The molecule has 0 saturated carbocycles. The van der Waals surface area contributed by atoms with Crippen LogP contribution in [0.15, 0.2) is 28.8 Å². The molecule has 2 aromatic rings. The second-order valence-corrected chi connectivity index (χ2v) is 6.39. The van der Waals surface area contributed by atoms with Gasteiger partial charge in [-0.1, -0.05) is 0 Å². The summed E-state index contributed by atoms with van der Waals surface area (Å²) in [7, 11) is 0. The molecule has 2 fully saturated rings. The van der Waals surface area contributed by atoms with E-state index >= 15 is 0 Å². The van der Waals surface area contributed by atoms with Gasteiger partial charge in [0.1, 0.15) is 0 Å².